The number of nitro groups is 1. The Labute approximate surface area is 145 Å². The van der Waals surface area contributed by atoms with Crippen molar-refractivity contribution in [3.8, 4) is 11.3 Å². The summed E-state index contributed by atoms with van der Waals surface area (Å²) >= 11 is 0. The molecule has 4 nitrogen and oxygen atoms in total. The fourth-order valence-electron chi connectivity index (χ4n) is 3.20. The van der Waals surface area contributed by atoms with Gasteiger partial charge in [-0.2, -0.15) is 0 Å². The molecule has 1 heterocycles. The molecule has 1 aromatic heterocycles. The Hall–Kier alpha value is -3.27. The topological polar surface area (TPSA) is 56.0 Å². The highest BCUT2D eigenvalue weighted by atomic mass is 16.6. The van der Waals surface area contributed by atoms with Gasteiger partial charge in [-0.25, -0.2) is 4.98 Å². The summed E-state index contributed by atoms with van der Waals surface area (Å²) in [5.74, 6) is 0. The third kappa shape index (κ3) is 3.06. The van der Waals surface area contributed by atoms with Crippen LogP contribution in [0.3, 0.4) is 0 Å². The molecule has 0 saturated carbocycles. The van der Waals surface area contributed by atoms with Crippen molar-refractivity contribution in [1.29, 1.82) is 0 Å². The maximum Gasteiger partial charge on any atom is 0.270 e. The van der Waals surface area contributed by atoms with Gasteiger partial charge in [-0.1, -0.05) is 48.5 Å². The fourth-order valence-corrected chi connectivity index (χ4v) is 3.20. The van der Waals surface area contributed by atoms with E-state index in [9.17, 15) is 10.1 Å². The summed E-state index contributed by atoms with van der Waals surface area (Å²) in [6, 6.07) is 21.0. The first-order valence-corrected chi connectivity index (χ1v) is 8.21. The summed E-state index contributed by atoms with van der Waals surface area (Å²) in [5.41, 5.74) is 6.36. The zero-order chi connectivity index (χ0) is 17.2. The smallest absolute Gasteiger partial charge is 0.258 e. The predicted octanol–water partition coefficient (Wildman–Crippen LogP) is 5.14. The molecule has 0 fully saturated rings. The lowest BCUT2D eigenvalue weighted by Gasteiger charge is -2.06. The molecule has 0 aliphatic heterocycles. The number of benzene rings is 2. The summed E-state index contributed by atoms with van der Waals surface area (Å²) < 4.78 is 0. The van der Waals surface area contributed by atoms with Gasteiger partial charge in [0.1, 0.15) is 0 Å². The van der Waals surface area contributed by atoms with E-state index in [2.05, 4.69) is 12.1 Å². The number of aryl methyl sites for hydroxylation is 1. The van der Waals surface area contributed by atoms with Crippen LogP contribution in [0.5, 0.6) is 0 Å². The Morgan fingerprint density at radius 3 is 2.60 bits per heavy atom. The fraction of sp³-hybridized carbons (Fsp3) is 0.0952. The average molecular weight is 328 g/mol. The number of hydrogen-bond acceptors (Lipinski definition) is 3. The molecule has 122 valence electrons. The molecule has 1 aliphatic carbocycles. The SMILES string of the molecule is O=[N+]([O-])c1cccc(/C=C2\CCc3ccc(-c4ccccc4)nc32)c1. The summed E-state index contributed by atoms with van der Waals surface area (Å²) in [5, 5.41) is 11.0. The van der Waals surface area contributed by atoms with E-state index in [0.29, 0.717) is 0 Å². The zero-order valence-corrected chi connectivity index (χ0v) is 13.6. The third-order valence-electron chi connectivity index (χ3n) is 4.44. The summed E-state index contributed by atoms with van der Waals surface area (Å²) in [6.45, 7) is 0. The molecule has 0 amide bonds. The first-order chi connectivity index (χ1) is 12.2. The van der Waals surface area contributed by atoms with Gasteiger partial charge in [0.2, 0.25) is 0 Å². The van der Waals surface area contributed by atoms with E-state index in [1.165, 1.54) is 11.6 Å². The van der Waals surface area contributed by atoms with Gasteiger partial charge < -0.3 is 0 Å². The molecule has 0 spiro atoms. The summed E-state index contributed by atoms with van der Waals surface area (Å²) in [4.78, 5) is 15.5. The minimum Gasteiger partial charge on any atom is -0.258 e. The molecule has 4 heteroatoms. The van der Waals surface area contributed by atoms with Gasteiger partial charge in [0, 0.05) is 17.7 Å². The molecule has 4 rings (SSSR count). The van der Waals surface area contributed by atoms with Crippen LogP contribution < -0.4 is 0 Å². The number of fused-ring (bicyclic) bond motifs is 1. The van der Waals surface area contributed by atoms with Crippen LogP contribution in [-0.4, -0.2) is 9.91 Å². The summed E-state index contributed by atoms with van der Waals surface area (Å²) in [6.07, 6.45) is 3.88. The number of hydrogen-bond donors (Lipinski definition) is 0. The second-order valence-electron chi connectivity index (χ2n) is 6.09. The van der Waals surface area contributed by atoms with E-state index in [0.717, 1.165) is 40.9 Å². The third-order valence-corrected chi connectivity index (χ3v) is 4.44. The lowest BCUT2D eigenvalue weighted by atomic mass is 10.1. The number of pyridine rings is 1. The van der Waals surface area contributed by atoms with E-state index in [1.807, 2.05) is 42.5 Å². The number of rotatable bonds is 3. The first kappa shape index (κ1) is 15.3. The number of non-ortho nitro benzene ring substituents is 1. The van der Waals surface area contributed by atoms with Crippen LogP contribution in [0.4, 0.5) is 5.69 Å². The van der Waals surface area contributed by atoms with Crippen molar-refractivity contribution >= 4 is 17.3 Å². The Morgan fingerprint density at radius 1 is 0.960 bits per heavy atom. The minimum atomic E-state index is -0.365. The van der Waals surface area contributed by atoms with Crippen LogP contribution in [0, 0.1) is 10.1 Å². The van der Waals surface area contributed by atoms with Gasteiger partial charge in [-0.05, 0) is 41.7 Å². The molecule has 1 aliphatic rings. The lowest BCUT2D eigenvalue weighted by Crippen LogP contribution is -1.91. The van der Waals surface area contributed by atoms with E-state index in [1.54, 1.807) is 12.1 Å². The standard InChI is InChI=1S/C21H16N2O2/c24-23(25)19-8-4-5-15(14-19)13-18-10-9-17-11-12-20(22-21(17)18)16-6-2-1-3-7-16/h1-8,11-14H,9-10H2/b18-13+. The Balaban J connectivity index is 1.74. The van der Waals surface area contributed by atoms with Crippen molar-refractivity contribution in [1.82, 2.24) is 4.98 Å². The normalized spacial score (nSPS) is 14.5. The zero-order valence-electron chi connectivity index (χ0n) is 13.6. The van der Waals surface area contributed by atoms with Crippen LogP contribution in [0.2, 0.25) is 0 Å². The molecule has 0 radical (unpaired) electrons. The summed E-state index contributed by atoms with van der Waals surface area (Å²) in [7, 11) is 0. The van der Waals surface area contributed by atoms with Gasteiger partial charge >= 0.3 is 0 Å². The van der Waals surface area contributed by atoms with Gasteiger partial charge in [-0.3, -0.25) is 10.1 Å². The maximum absolute atomic E-state index is 11.0. The molecule has 25 heavy (non-hydrogen) atoms. The van der Waals surface area contributed by atoms with Crippen LogP contribution >= 0.6 is 0 Å². The molecule has 2 aromatic carbocycles. The highest BCUT2D eigenvalue weighted by Crippen LogP contribution is 2.34. The minimum absolute atomic E-state index is 0.110. The van der Waals surface area contributed by atoms with Gasteiger partial charge in [0.15, 0.2) is 0 Å². The molecule has 0 N–H and O–H groups in total. The van der Waals surface area contributed by atoms with Crippen molar-refractivity contribution in [2.75, 3.05) is 0 Å². The van der Waals surface area contributed by atoms with Gasteiger partial charge in [-0.15, -0.1) is 0 Å². The van der Waals surface area contributed by atoms with E-state index in [4.69, 9.17) is 4.98 Å². The molecular formula is C21H16N2O2. The number of aromatic nitrogens is 1. The number of nitro benzene ring substituents is 1. The van der Waals surface area contributed by atoms with Crippen LogP contribution in [0.1, 0.15) is 23.2 Å². The second kappa shape index (κ2) is 6.32. The van der Waals surface area contributed by atoms with Crippen molar-refractivity contribution in [3.63, 3.8) is 0 Å². The first-order valence-electron chi connectivity index (χ1n) is 8.21. The molecular weight excluding hydrogens is 312 g/mol. The second-order valence-corrected chi connectivity index (χ2v) is 6.09. The lowest BCUT2D eigenvalue weighted by molar-refractivity contribution is -0.384. The van der Waals surface area contributed by atoms with E-state index < -0.39 is 0 Å². The average Bonchev–Trinajstić information content (AvgIpc) is 3.05. The molecule has 0 unspecified atom stereocenters. The van der Waals surface area contributed by atoms with Crippen molar-refractivity contribution in [2.24, 2.45) is 0 Å². The van der Waals surface area contributed by atoms with Crippen molar-refractivity contribution in [3.05, 3.63) is 93.7 Å². The van der Waals surface area contributed by atoms with Gasteiger partial charge in [0.05, 0.1) is 16.3 Å². The maximum atomic E-state index is 11.0. The van der Waals surface area contributed by atoms with Gasteiger partial charge in [0.25, 0.3) is 5.69 Å². The molecule has 0 saturated heterocycles. The predicted molar refractivity (Wildman–Crippen MR) is 99.0 cm³/mol. The Bertz CT molecular complexity index is 978. The van der Waals surface area contributed by atoms with Crippen molar-refractivity contribution < 1.29 is 4.92 Å². The highest BCUT2D eigenvalue weighted by Gasteiger charge is 2.19. The van der Waals surface area contributed by atoms with Crippen LogP contribution in [-0.2, 0) is 6.42 Å². The molecule has 3 aromatic rings. The quantitative estimate of drug-likeness (QED) is 0.494. The van der Waals surface area contributed by atoms with E-state index in [-0.39, 0.29) is 10.6 Å². The highest BCUT2D eigenvalue weighted by molar-refractivity contribution is 5.84. The van der Waals surface area contributed by atoms with E-state index >= 15 is 0 Å². The Morgan fingerprint density at radius 2 is 1.80 bits per heavy atom. The molecule has 0 atom stereocenters. The Kier molecular flexibility index (Phi) is 3.86. The number of nitrogens with zero attached hydrogens (tertiary/aromatic N) is 2. The monoisotopic (exact) mass is 328 g/mol. The van der Waals surface area contributed by atoms with Crippen LogP contribution in [0.25, 0.3) is 22.9 Å². The largest absolute Gasteiger partial charge is 0.270 e. The number of allylic oxidation sites excluding steroid dienone is 1. The van der Waals surface area contributed by atoms with Crippen LogP contribution in [0.15, 0.2) is 66.7 Å². The van der Waals surface area contributed by atoms with Crippen molar-refractivity contribution in [2.45, 2.75) is 12.8 Å². The molecule has 0 bridgehead atoms.